The fourth-order valence-corrected chi connectivity index (χ4v) is 4.67. The summed E-state index contributed by atoms with van der Waals surface area (Å²) in [5.41, 5.74) is 1.40. The summed E-state index contributed by atoms with van der Waals surface area (Å²) in [5.74, 6) is -1.18. The number of Topliss-reactive ketones (excluding diaryl/α,β-unsaturated/α-hetero) is 1. The van der Waals surface area contributed by atoms with Crippen molar-refractivity contribution in [3.8, 4) is 11.5 Å². The van der Waals surface area contributed by atoms with Crippen LogP contribution >= 0.6 is 23.2 Å². The van der Waals surface area contributed by atoms with Gasteiger partial charge in [-0.3, -0.25) is 4.79 Å². The Labute approximate surface area is 207 Å². The molecule has 0 aromatic heterocycles. The summed E-state index contributed by atoms with van der Waals surface area (Å²) < 4.78 is 21.7. The van der Waals surface area contributed by atoms with Gasteiger partial charge < -0.3 is 34.3 Å². The second-order valence-electron chi connectivity index (χ2n) is 8.00. The molecule has 186 valence electrons. The van der Waals surface area contributed by atoms with E-state index in [1.165, 1.54) is 14.2 Å². The topological polar surface area (TPSA) is 115 Å². The molecule has 0 bridgehead atoms. The molecule has 1 aliphatic heterocycles. The molecule has 2 aromatic carbocycles. The Morgan fingerprint density at radius 2 is 1.74 bits per heavy atom. The Morgan fingerprint density at radius 1 is 1.06 bits per heavy atom. The summed E-state index contributed by atoms with van der Waals surface area (Å²) >= 11 is 13.1. The van der Waals surface area contributed by atoms with Gasteiger partial charge in [0, 0.05) is 19.4 Å². The molecule has 10 heteroatoms. The molecule has 1 saturated heterocycles. The second-order valence-corrected chi connectivity index (χ2v) is 8.75. The van der Waals surface area contributed by atoms with Crippen molar-refractivity contribution < 1.29 is 39.1 Å². The first-order chi connectivity index (χ1) is 16.2. The molecule has 0 saturated carbocycles. The zero-order valence-electron chi connectivity index (χ0n) is 19.0. The lowest BCUT2D eigenvalue weighted by Gasteiger charge is -2.41. The van der Waals surface area contributed by atoms with Crippen LogP contribution in [0.3, 0.4) is 0 Å². The summed E-state index contributed by atoms with van der Waals surface area (Å²) in [6, 6.07) is 9.43. The summed E-state index contributed by atoms with van der Waals surface area (Å²) in [7, 11) is 2.69. The minimum Gasteiger partial charge on any atom is -0.494 e. The average Bonchev–Trinajstić information content (AvgIpc) is 2.84. The lowest BCUT2D eigenvalue weighted by molar-refractivity contribution is -0.281. The molecule has 0 radical (unpaired) electrons. The van der Waals surface area contributed by atoms with Crippen molar-refractivity contribution in [1.82, 2.24) is 0 Å². The lowest BCUT2D eigenvalue weighted by atomic mass is 9.83. The minimum atomic E-state index is -1.31. The van der Waals surface area contributed by atoms with E-state index in [1.807, 2.05) is 30.3 Å². The van der Waals surface area contributed by atoms with Gasteiger partial charge >= 0.3 is 0 Å². The maximum absolute atomic E-state index is 13.4. The van der Waals surface area contributed by atoms with Crippen molar-refractivity contribution in [2.24, 2.45) is 5.92 Å². The molecule has 0 aliphatic carbocycles. The quantitative estimate of drug-likeness (QED) is 0.437. The third-order valence-corrected chi connectivity index (χ3v) is 6.72. The van der Waals surface area contributed by atoms with Gasteiger partial charge in [0.15, 0.2) is 23.6 Å². The van der Waals surface area contributed by atoms with Gasteiger partial charge in [0.1, 0.15) is 23.8 Å². The van der Waals surface area contributed by atoms with Crippen molar-refractivity contribution in [3.63, 3.8) is 0 Å². The number of benzene rings is 2. The molecule has 1 heterocycles. The minimum absolute atomic E-state index is 0.0356. The Bertz CT molecular complexity index is 984. The van der Waals surface area contributed by atoms with Crippen LogP contribution in [-0.4, -0.2) is 66.5 Å². The largest absolute Gasteiger partial charge is 0.494 e. The molecule has 2 aromatic rings. The maximum Gasteiger partial charge on any atom is 0.184 e. The first-order valence-corrected chi connectivity index (χ1v) is 11.4. The first kappa shape index (κ1) is 26.7. The zero-order valence-corrected chi connectivity index (χ0v) is 20.5. The van der Waals surface area contributed by atoms with Crippen LogP contribution in [0, 0.1) is 12.8 Å². The van der Waals surface area contributed by atoms with Crippen molar-refractivity contribution in [3.05, 3.63) is 57.1 Å². The maximum atomic E-state index is 13.4. The zero-order chi connectivity index (χ0) is 25.0. The number of carbonyl (C=O) groups is 1. The van der Waals surface area contributed by atoms with Crippen LogP contribution in [0.4, 0.5) is 0 Å². The number of carbonyl (C=O) groups excluding carboxylic acids is 1. The highest BCUT2D eigenvalue weighted by Gasteiger charge is 2.45. The van der Waals surface area contributed by atoms with Crippen LogP contribution in [-0.2, 0) is 16.1 Å². The molecule has 0 unspecified atom stereocenters. The molecule has 34 heavy (non-hydrogen) atoms. The molecule has 8 nitrogen and oxygen atoms in total. The fraction of sp³-hybridized carbons (Fsp3) is 0.458. The average molecular weight is 515 g/mol. The monoisotopic (exact) mass is 514 g/mol. The van der Waals surface area contributed by atoms with Gasteiger partial charge in [-0.25, -0.2) is 0 Å². The van der Waals surface area contributed by atoms with E-state index >= 15 is 0 Å². The van der Waals surface area contributed by atoms with E-state index in [2.05, 4.69) is 0 Å². The molecular formula is C24H28Cl2O8. The van der Waals surface area contributed by atoms with Gasteiger partial charge in [-0.15, -0.1) is 0 Å². The van der Waals surface area contributed by atoms with E-state index in [0.29, 0.717) is 5.56 Å². The first-order valence-electron chi connectivity index (χ1n) is 10.7. The van der Waals surface area contributed by atoms with Crippen molar-refractivity contribution in [1.29, 1.82) is 0 Å². The third kappa shape index (κ3) is 5.33. The van der Waals surface area contributed by atoms with Gasteiger partial charge in [0.05, 0.1) is 30.4 Å². The Morgan fingerprint density at radius 3 is 2.32 bits per heavy atom. The highest BCUT2D eigenvalue weighted by atomic mass is 35.5. The molecule has 3 N–H and O–H groups in total. The smallest absolute Gasteiger partial charge is 0.184 e. The number of aliphatic hydroxyl groups excluding tert-OH is 3. The Hall–Kier alpha value is -1.91. The molecule has 0 amide bonds. The highest BCUT2D eigenvalue weighted by molar-refractivity contribution is 6.39. The normalized spacial score (nSPS) is 24.6. The molecular weight excluding hydrogens is 487 g/mol. The van der Waals surface area contributed by atoms with Crippen molar-refractivity contribution >= 4 is 29.0 Å². The summed E-state index contributed by atoms with van der Waals surface area (Å²) in [5, 5.41) is 30.9. The van der Waals surface area contributed by atoms with Crippen LogP contribution in [0.15, 0.2) is 30.3 Å². The molecule has 1 fully saturated rings. The number of ether oxygens (including phenoxy) is 4. The summed E-state index contributed by atoms with van der Waals surface area (Å²) in [6.07, 6.45) is -5.04. The Balaban J connectivity index is 1.92. The highest BCUT2D eigenvalue weighted by Crippen LogP contribution is 2.46. The van der Waals surface area contributed by atoms with Gasteiger partial charge in [-0.05, 0) is 18.1 Å². The summed E-state index contributed by atoms with van der Waals surface area (Å²) in [6.45, 7) is 1.33. The fourth-order valence-electron chi connectivity index (χ4n) is 4.06. The van der Waals surface area contributed by atoms with Crippen LogP contribution < -0.4 is 9.47 Å². The van der Waals surface area contributed by atoms with Gasteiger partial charge in [0.25, 0.3) is 0 Å². The third-order valence-electron chi connectivity index (χ3n) is 5.92. The van der Waals surface area contributed by atoms with E-state index in [-0.39, 0.29) is 40.1 Å². The molecule has 5 atom stereocenters. The molecule has 1 aliphatic rings. The number of halogens is 2. The van der Waals surface area contributed by atoms with Gasteiger partial charge in [-0.1, -0.05) is 53.5 Å². The van der Waals surface area contributed by atoms with Crippen LogP contribution in [0.5, 0.6) is 11.5 Å². The van der Waals surface area contributed by atoms with E-state index in [1.54, 1.807) is 6.92 Å². The van der Waals surface area contributed by atoms with E-state index in [4.69, 9.17) is 42.1 Å². The predicted molar refractivity (Wildman–Crippen MR) is 126 cm³/mol. The van der Waals surface area contributed by atoms with E-state index in [9.17, 15) is 20.1 Å². The Kier molecular flexibility index (Phi) is 9.17. The van der Waals surface area contributed by atoms with E-state index < -0.39 is 42.9 Å². The number of methoxy groups -OCH3 is 2. The van der Waals surface area contributed by atoms with Gasteiger partial charge in [-0.2, -0.15) is 0 Å². The lowest BCUT2D eigenvalue weighted by Crippen LogP contribution is -2.56. The van der Waals surface area contributed by atoms with Crippen LogP contribution in [0.2, 0.25) is 10.0 Å². The number of hydrogen-bond acceptors (Lipinski definition) is 8. The van der Waals surface area contributed by atoms with E-state index in [0.717, 1.165) is 5.56 Å². The molecule has 3 rings (SSSR count). The second kappa shape index (κ2) is 11.7. The SMILES string of the molecule is COc1c(Cl)c(OCc2ccccc2)c(Cl)c(C)c1C(=O)C[C@H]1[C@@H](O)[C@@H](CO)O[C@H](OC)[C@@H]1O. The number of rotatable bonds is 9. The van der Waals surface area contributed by atoms with Crippen LogP contribution in [0.1, 0.15) is 27.9 Å². The van der Waals surface area contributed by atoms with Crippen LogP contribution in [0.25, 0.3) is 0 Å². The molecule has 0 spiro atoms. The predicted octanol–water partition coefficient (Wildman–Crippen LogP) is 3.16. The number of aliphatic hydroxyl groups is 3. The summed E-state index contributed by atoms with van der Waals surface area (Å²) in [4.78, 5) is 13.4. The van der Waals surface area contributed by atoms with Crippen molar-refractivity contribution in [2.75, 3.05) is 20.8 Å². The number of ketones is 1. The standard InChI is InChI=1S/C24H28Cl2O8/c1-12-17(15(28)9-14-20(29)16(10-27)34-24(32-3)21(14)30)22(31-2)19(26)23(18(12)25)33-11-13-7-5-4-6-8-13/h4-8,14,16,20-21,24,27,29-30H,9-11H2,1-3H3/t14-,16+,20+,21+,24-/m0/s1. The van der Waals surface area contributed by atoms with Crippen molar-refractivity contribution in [2.45, 2.75) is 44.6 Å². The van der Waals surface area contributed by atoms with Gasteiger partial charge in [0.2, 0.25) is 0 Å². The number of hydrogen-bond donors (Lipinski definition) is 3.